The molecule has 0 unspecified atom stereocenters. The fourth-order valence-electron chi connectivity index (χ4n) is 2.29. The molecule has 0 saturated carbocycles. The van der Waals surface area contributed by atoms with E-state index in [1.165, 1.54) is 18.5 Å². The van der Waals surface area contributed by atoms with Gasteiger partial charge in [-0.3, -0.25) is 14.9 Å². The average Bonchev–Trinajstić information content (AvgIpc) is 3.02. The monoisotopic (exact) mass is 326 g/mol. The molecule has 8 nitrogen and oxygen atoms in total. The Morgan fingerprint density at radius 1 is 1.29 bits per heavy atom. The number of nitrogens with one attached hydrogen (secondary N) is 1. The summed E-state index contributed by atoms with van der Waals surface area (Å²) in [6.45, 7) is 0.155. The molecule has 1 N–H and O–H groups in total. The van der Waals surface area contributed by atoms with Crippen LogP contribution in [0.3, 0.4) is 0 Å². The first-order chi connectivity index (χ1) is 11.6. The number of imidazole rings is 1. The molecule has 0 fully saturated rings. The van der Waals surface area contributed by atoms with Crippen molar-refractivity contribution < 1.29 is 14.5 Å². The van der Waals surface area contributed by atoms with Gasteiger partial charge in [-0.1, -0.05) is 0 Å². The third kappa shape index (κ3) is 3.02. The lowest BCUT2D eigenvalue weighted by atomic mass is 10.2. The summed E-state index contributed by atoms with van der Waals surface area (Å²) >= 11 is 0. The molecule has 1 heterocycles. The van der Waals surface area contributed by atoms with Crippen molar-refractivity contribution in [3.63, 3.8) is 0 Å². The average molecular weight is 326 g/mol. The van der Waals surface area contributed by atoms with Crippen molar-refractivity contribution >= 4 is 22.6 Å². The van der Waals surface area contributed by atoms with Crippen LogP contribution in [-0.4, -0.2) is 27.5 Å². The van der Waals surface area contributed by atoms with Crippen molar-refractivity contribution in [1.82, 2.24) is 14.9 Å². The standard InChI is InChI=1S/C16H14N4O4/c1-24-13-5-2-11(3-6-13)16(21)18-10-19-9-17-14-7-4-12(20(22)23)8-15(14)19/h2-9H,10H2,1H3,(H,18,21). The van der Waals surface area contributed by atoms with Gasteiger partial charge in [0, 0.05) is 17.7 Å². The van der Waals surface area contributed by atoms with E-state index in [-0.39, 0.29) is 18.3 Å². The van der Waals surface area contributed by atoms with Gasteiger partial charge in [-0.2, -0.15) is 0 Å². The van der Waals surface area contributed by atoms with Gasteiger partial charge in [0.1, 0.15) is 5.75 Å². The van der Waals surface area contributed by atoms with Crippen LogP contribution in [0.25, 0.3) is 11.0 Å². The summed E-state index contributed by atoms with van der Waals surface area (Å²) < 4.78 is 6.69. The molecule has 0 radical (unpaired) electrons. The number of fused-ring (bicyclic) bond motifs is 1. The Morgan fingerprint density at radius 3 is 2.71 bits per heavy atom. The minimum atomic E-state index is -0.466. The molecule has 1 aromatic heterocycles. The number of hydrogen-bond acceptors (Lipinski definition) is 5. The number of nitro groups is 1. The molecule has 122 valence electrons. The molecule has 0 saturated heterocycles. The summed E-state index contributed by atoms with van der Waals surface area (Å²) in [6, 6.07) is 11.1. The first-order valence-electron chi connectivity index (χ1n) is 7.10. The van der Waals surface area contributed by atoms with Gasteiger partial charge in [0.25, 0.3) is 11.6 Å². The number of carbonyl (C=O) groups excluding carboxylic acids is 1. The van der Waals surface area contributed by atoms with Crippen LogP contribution < -0.4 is 10.1 Å². The van der Waals surface area contributed by atoms with Crippen LogP contribution in [-0.2, 0) is 6.67 Å². The molecule has 24 heavy (non-hydrogen) atoms. The molecule has 3 aromatic rings. The van der Waals surface area contributed by atoms with Crippen molar-refractivity contribution in [2.75, 3.05) is 7.11 Å². The molecule has 0 aliphatic carbocycles. The quantitative estimate of drug-likeness (QED) is 0.573. The van der Waals surface area contributed by atoms with Crippen LogP contribution in [0, 0.1) is 10.1 Å². The summed E-state index contributed by atoms with van der Waals surface area (Å²) in [4.78, 5) is 26.7. The van der Waals surface area contributed by atoms with Gasteiger partial charge in [0.2, 0.25) is 0 Å². The number of ether oxygens (including phenoxy) is 1. The number of hydrogen-bond donors (Lipinski definition) is 1. The van der Waals surface area contributed by atoms with E-state index in [9.17, 15) is 14.9 Å². The highest BCUT2D eigenvalue weighted by Gasteiger charge is 2.11. The third-order valence-electron chi connectivity index (χ3n) is 3.58. The van der Waals surface area contributed by atoms with Gasteiger partial charge in [0.15, 0.2) is 0 Å². The lowest BCUT2D eigenvalue weighted by Crippen LogP contribution is -2.25. The number of nitrogens with zero attached hydrogens (tertiary/aromatic N) is 3. The number of carbonyl (C=O) groups is 1. The Balaban J connectivity index is 1.76. The molecular weight excluding hydrogens is 312 g/mol. The third-order valence-corrected chi connectivity index (χ3v) is 3.58. The maximum atomic E-state index is 12.2. The van der Waals surface area contributed by atoms with E-state index in [0.29, 0.717) is 22.3 Å². The van der Waals surface area contributed by atoms with Crippen LogP contribution in [0.4, 0.5) is 5.69 Å². The molecule has 2 aromatic carbocycles. The first kappa shape index (κ1) is 15.5. The second-order valence-electron chi connectivity index (χ2n) is 5.04. The van der Waals surface area contributed by atoms with E-state index in [2.05, 4.69) is 10.3 Å². The molecule has 0 bridgehead atoms. The van der Waals surface area contributed by atoms with Crippen LogP contribution in [0.5, 0.6) is 5.75 Å². The molecule has 3 rings (SSSR count). The van der Waals surface area contributed by atoms with E-state index in [1.54, 1.807) is 42.0 Å². The largest absolute Gasteiger partial charge is 0.497 e. The number of rotatable bonds is 5. The predicted octanol–water partition coefficient (Wildman–Crippen LogP) is 2.34. The fourth-order valence-corrected chi connectivity index (χ4v) is 2.29. The van der Waals surface area contributed by atoms with E-state index < -0.39 is 4.92 Å². The van der Waals surface area contributed by atoms with Gasteiger partial charge >= 0.3 is 0 Å². The second kappa shape index (κ2) is 6.37. The zero-order chi connectivity index (χ0) is 17.1. The lowest BCUT2D eigenvalue weighted by Gasteiger charge is -2.08. The van der Waals surface area contributed by atoms with Crippen LogP contribution in [0.2, 0.25) is 0 Å². The Hall–Kier alpha value is -3.42. The Morgan fingerprint density at radius 2 is 2.04 bits per heavy atom. The smallest absolute Gasteiger partial charge is 0.271 e. The molecule has 0 aliphatic heterocycles. The van der Waals surface area contributed by atoms with Crippen molar-refractivity contribution in [3.8, 4) is 5.75 Å². The van der Waals surface area contributed by atoms with Crippen molar-refractivity contribution in [3.05, 3.63) is 64.5 Å². The second-order valence-corrected chi connectivity index (χ2v) is 5.04. The highest BCUT2D eigenvalue weighted by molar-refractivity contribution is 5.94. The zero-order valence-corrected chi connectivity index (χ0v) is 12.8. The van der Waals surface area contributed by atoms with Crippen molar-refractivity contribution in [1.29, 1.82) is 0 Å². The van der Waals surface area contributed by atoms with E-state index in [1.807, 2.05) is 0 Å². The molecule has 1 amide bonds. The van der Waals surface area contributed by atoms with Crippen molar-refractivity contribution in [2.45, 2.75) is 6.67 Å². The minimum Gasteiger partial charge on any atom is -0.497 e. The number of amides is 1. The number of benzene rings is 2. The van der Waals surface area contributed by atoms with Crippen LogP contribution in [0.15, 0.2) is 48.8 Å². The zero-order valence-electron chi connectivity index (χ0n) is 12.8. The molecule has 0 atom stereocenters. The maximum absolute atomic E-state index is 12.2. The van der Waals surface area contributed by atoms with E-state index in [4.69, 9.17) is 4.74 Å². The van der Waals surface area contributed by atoms with Gasteiger partial charge in [-0.05, 0) is 30.3 Å². The summed E-state index contributed by atoms with van der Waals surface area (Å²) in [5, 5.41) is 13.6. The fraction of sp³-hybridized carbons (Fsp3) is 0.125. The summed E-state index contributed by atoms with van der Waals surface area (Å²) in [7, 11) is 1.55. The van der Waals surface area contributed by atoms with Gasteiger partial charge in [-0.25, -0.2) is 4.98 Å². The molecule has 0 spiro atoms. The Labute approximate surface area is 136 Å². The van der Waals surface area contributed by atoms with Gasteiger partial charge in [-0.15, -0.1) is 0 Å². The maximum Gasteiger partial charge on any atom is 0.271 e. The highest BCUT2D eigenvalue weighted by atomic mass is 16.6. The summed E-state index contributed by atoms with van der Waals surface area (Å²) in [5.74, 6) is 0.407. The SMILES string of the molecule is COc1ccc(C(=O)NCn2cnc3ccc([N+](=O)[O-])cc32)cc1. The normalized spacial score (nSPS) is 10.5. The van der Waals surface area contributed by atoms with E-state index in [0.717, 1.165) is 0 Å². The van der Waals surface area contributed by atoms with Gasteiger partial charge in [0.05, 0.1) is 36.1 Å². The number of methoxy groups -OCH3 is 1. The lowest BCUT2D eigenvalue weighted by molar-refractivity contribution is -0.384. The molecular formula is C16H14N4O4. The topological polar surface area (TPSA) is 99.3 Å². The highest BCUT2D eigenvalue weighted by Crippen LogP contribution is 2.19. The molecule has 0 aliphatic rings. The van der Waals surface area contributed by atoms with Crippen LogP contribution in [0.1, 0.15) is 10.4 Å². The first-order valence-corrected chi connectivity index (χ1v) is 7.10. The minimum absolute atomic E-state index is 0.0225. The number of aromatic nitrogens is 2. The molecule has 8 heteroatoms. The number of non-ortho nitro benzene ring substituents is 1. The Kier molecular flexibility index (Phi) is 4.11. The van der Waals surface area contributed by atoms with Crippen LogP contribution >= 0.6 is 0 Å². The number of nitro benzene ring substituents is 1. The summed E-state index contributed by atoms with van der Waals surface area (Å²) in [5.41, 5.74) is 1.68. The van der Waals surface area contributed by atoms with Crippen molar-refractivity contribution in [2.24, 2.45) is 0 Å². The predicted molar refractivity (Wildman–Crippen MR) is 86.8 cm³/mol. The van der Waals surface area contributed by atoms with Gasteiger partial charge < -0.3 is 14.6 Å². The Bertz CT molecular complexity index is 902. The summed E-state index contributed by atoms with van der Waals surface area (Å²) in [6.07, 6.45) is 1.53. The van der Waals surface area contributed by atoms with E-state index >= 15 is 0 Å².